The van der Waals surface area contributed by atoms with Crippen molar-refractivity contribution in [1.82, 2.24) is 0 Å². The average Bonchev–Trinajstić information content (AvgIpc) is 2.92. The Hall–Kier alpha value is -1.54. The van der Waals surface area contributed by atoms with E-state index in [-0.39, 0.29) is 22.5 Å². The third-order valence-corrected chi connectivity index (χ3v) is 7.19. The van der Waals surface area contributed by atoms with E-state index in [1.165, 1.54) is 24.2 Å². The van der Waals surface area contributed by atoms with Crippen molar-refractivity contribution in [3.05, 3.63) is 29.8 Å². The van der Waals surface area contributed by atoms with Gasteiger partial charge in [-0.1, -0.05) is 19.1 Å². The van der Waals surface area contributed by atoms with Crippen LogP contribution in [0.25, 0.3) is 0 Å². The van der Waals surface area contributed by atoms with Gasteiger partial charge in [0.2, 0.25) is 0 Å². The Morgan fingerprint density at radius 2 is 2.00 bits per heavy atom. The number of benzene rings is 1. The van der Waals surface area contributed by atoms with Gasteiger partial charge in [0.1, 0.15) is 0 Å². The van der Waals surface area contributed by atoms with Crippen LogP contribution in [0.1, 0.15) is 25.8 Å². The van der Waals surface area contributed by atoms with Crippen molar-refractivity contribution < 1.29 is 22.7 Å². The second kappa shape index (κ2) is 8.71. The molecular formula is C17H23NO5S2. The number of hydrogen-bond donors (Lipinski definition) is 1. The first-order valence-electron chi connectivity index (χ1n) is 8.20. The molecular weight excluding hydrogens is 362 g/mol. The van der Waals surface area contributed by atoms with E-state index in [0.29, 0.717) is 12.1 Å². The predicted molar refractivity (Wildman–Crippen MR) is 99.5 cm³/mol. The van der Waals surface area contributed by atoms with Gasteiger partial charge in [0.15, 0.2) is 15.9 Å². The SMILES string of the molecule is CCc1ccc(NC(=O)[C@H](C)OC(=O)CS[C@H]2CCS(=O)(=O)C2)cc1. The summed E-state index contributed by atoms with van der Waals surface area (Å²) in [5, 5.41) is 2.63. The lowest BCUT2D eigenvalue weighted by Crippen LogP contribution is -2.30. The number of carbonyl (C=O) groups is 2. The normalized spacial score (nSPS) is 20.0. The van der Waals surface area contributed by atoms with Crippen LogP contribution < -0.4 is 5.32 Å². The summed E-state index contributed by atoms with van der Waals surface area (Å²) < 4.78 is 27.9. The second-order valence-corrected chi connectivity index (χ2v) is 9.53. The van der Waals surface area contributed by atoms with Crippen LogP contribution in [0.3, 0.4) is 0 Å². The molecule has 138 valence electrons. The predicted octanol–water partition coefficient (Wildman–Crippen LogP) is 2.04. The van der Waals surface area contributed by atoms with Crippen molar-refractivity contribution >= 4 is 39.2 Å². The molecule has 2 rings (SSSR count). The van der Waals surface area contributed by atoms with E-state index in [9.17, 15) is 18.0 Å². The van der Waals surface area contributed by atoms with E-state index in [0.717, 1.165) is 6.42 Å². The minimum atomic E-state index is -2.96. The highest BCUT2D eigenvalue weighted by Crippen LogP contribution is 2.24. The van der Waals surface area contributed by atoms with Crippen molar-refractivity contribution in [3.8, 4) is 0 Å². The smallest absolute Gasteiger partial charge is 0.316 e. The molecule has 6 nitrogen and oxygen atoms in total. The summed E-state index contributed by atoms with van der Waals surface area (Å²) in [5.41, 5.74) is 1.82. The monoisotopic (exact) mass is 385 g/mol. The Balaban J connectivity index is 1.74. The first-order valence-corrected chi connectivity index (χ1v) is 11.1. The molecule has 0 aromatic heterocycles. The summed E-state index contributed by atoms with van der Waals surface area (Å²) in [5.74, 6) is -0.586. The molecule has 8 heteroatoms. The van der Waals surface area contributed by atoms with Crippen LogP contribution in [-0.2, 0) is 30.6 Å². The maximum atomic E-state index is 12.1. The number of thioether (sulfide) groups is 1. The first kappa shape index (κ1) is 19.8. The number of hydrogen-bond acceptors (Lipinski definition) is 6. The fourth-order valence-electron chi connectivity index (χ4n) is 2.43. The zero-order chi connectivity index (χ0) is 18.4. The summed E-state index contributed by atoms with van der Waals surface area (Å²) in [6.45, 7) is 3.56. The third-order valence-electron chi connectivity index (χ3n) is 3.93. The van der Waals surface area contributed by atoms with Crippen LogP contribution >= 0.6 is 11.8 Å². The van der Waals surface area contributed by atoms with Crippen molar-refractivity contribution in [2.45, 2.75) is 38.0 Å². The molecule has 0 radical (unpaired) electrons. The Bertz CT molecular complexity index is 715. The molecule has 0 bridgehead atoms. The highest BCUT2D eigenvalue weighted by Gasteiger charge is 2.29. The number of esters is 1. The lowest BCUT2D eigenvalue weighted by Gasteiger charge is -2.14. The van der Waals surface area contributed by atoms with E-state index >= 15 is 0 Å². The maximum absolute atomic E-state index is 12.1. The highest BCUT2D eigenvalue weighted by atomic mass is 32.2. The lowest BCUT2D eigenvalue weighted by atomic mass is 10.1. The molecule has 1 heterocycles. The minimum Gasteiger partial charge on any atom is -0.452 e. The van der Waals surface area contributed by atoms with Gasteiger partial charge in [-0.25, -0.2) is 8.42 Å². The molecule has 1 aromatic rings. The fourth-order valence-corrected chi connectivity index (χ4v) is 5.85. The van der Waals surface area contributed by atoms with Crippen molar-refractivity contribution in [3.63, 3.8) is 0 Å². The van der Waals surface area contributed by atoms with Crippen LogP contribution in [0.15, 0.2) is 24.3 Å². The zero-order valence-electron chi connectivity index (χ0n) is 14.4. The van der Waals surface area contributed by atoms with Gasteiger partial charge in [-0.05, 0) is 37.5 Å². The van der Waals surface area contributed by atoms with Crippen molar-refractivity contribution in [2.24, 2.45) is 0 Å². The largest absolute Gasteiger partial charge is 0.452 e. The number of nitrogens with one attached hydrogen (secondary N) is 1. The topological polar surface area (TPSA) is 89.5 Å². The Labute approximate surface area is 152 Å². The Kier molecular flexibility index (Phi) is 6.89. The third kappa shape index (κ3) is 6.36. The molecule has 1 aliphatic heterocycles. The number of carbonyl (C=O) groups excluding carboxylic acids is 2. The van der Waals surface area contributed by atoms with Gasteiger partial charge in [-0.2, -0.15) is 0 Å². The zero-order valence-corrected chi connectivity index (χ0v) is 16.0. The molecule has 25 heavy (non-hydrogen) atoms. The van der Waals surface area contributed by atoms with Crippen LogP contribution in [-0.4, -0.2) is 48.9 Å². The van der Waals surface area contributed by atoms with Gasteiger partial charge in [-0.3, -0.25) is 9.59 Å². The number of sulfone groups is 1. The summed E-state index contributed by atoms with van der Waals surface area (Å²) in [7, 11) is -2.96. The van der Waals surface area contributed by atoms with E-state index in [2.05, 4.69) is 5.32 Å². The molecule has 1 fully saturated rings. The summed E-state index contributed by atoms with van der Waals surface area (Å²) in [6, 6.07) is 7.47. The first-order chi connectivity index (χ1) is 11.8. The van der Waals surface area contributed by atoms with Gasteiger partial charge < -0.3 is 10.1 Å². The van der Waals surface area contributed by atoms with Crippen LogP contribution in [0.5, 0.6) is 0 Å². The molecule has 2 atom stereocenters. The van der Waals surface area contributed by atoms with Gasteiger partial charge >= 0.3 is 5.97 Å². The van der Waals surface area contributed by atoms with E-state index in [1.54, 1.807) is 0 Å². The summed E-state index contributed by atoms with van der Waals surface area (Å²) in [4.78, 5) is 23.9. The minimum absolute atomic E-state index is 0.0446. The van der Waals surface area contributed by atoms with Gasteiger partial charge in [-0.15, -0.1) is 11.8 Å². The van der Waals surface area contributed by atoms with Crippen LogP contribution in [0.2, 0.25) is 0 Å². The number of anilines is 1. The van der Waals surface area contributed by atoms with E-state index in [4.69, 9.17) is 4.74 Å². The Morgan fingerprint density at radius 1 is 1.32 bits per heavy atom. The van der Waals surface area contributed by atoms with Gasteiger partial charge in [0.05, 0.1) is 17.3 Å². The maximum Gasteiger partial charge on any atom is 0.316 e. The number of amides is 1. The second-order valence-electron chi connectivity index (χ2n) is 6.01. The molecule has 1 aromatic carbocycles. The van der Waals surface area contributed by atoms with E-state index < -0.39 is 27.8 Å². The molecule has 0 unspecified atom stereocenters. The molecule has 0 saturated carbocycles. The number of ether oxygens (including phenoxy) is 1. The van der Waals surface area contributed by atoms with Gasteiger partial charge in [0.25, 0.3) is 5.91 Å². The molecule has 1 aliphatic rings. The molecule has 1 saturated heterocycles. The summed E-state index contributed by atoms with van der Waals surface area (Å²) in [6.07, 6.45) is 0.568. The van der Waals surface area contributed by atoms with E-state index in [1.807, 2.05) is 31.2 Å². The Morgan fingerprint density at radius 3 is 2.56 bits per heavy atom. The average molecular weight is 386 g/mol. The molecule has 0 spiro atoms. The molecule has 1 amide bonds. The quantitative estimate of drug-likeness (QED) is 0.723. The van der Waals surface area contributed by atoms with Crippen LogP contribution in [0.4, 0.5) is 5.69 Å². The molecule has 0 aliphatic carbocycles. The highest BCUT2D eigenvalue weighted by molar-refractivity contribution is 8.02. The molecule has 1 N–H and O–H groups in total. The fraction of sp³-hybridized carbons (Fsp3) is 0.529. The number of aryl methyl sites for hydroxylation is 1. The standard InChI is InChI=1S/C17H23NO5S2/c1-3-13-4-6-14(7-5-13)18-17(20)12(2)23-16(19)10-24-15-8-9-25(21,22)11-15/h4-7,12,15H,3,8-11H2,1-2H3,(H,18,20)/t12-,15-/m0/s1. The van der Waals surface area contributed by atoms with Crippen molar-refractivity contribution in [2.75, 3.05) is 22.6 Å². The van der Waals surface area contributed by atoms with Crippen molar-refractivity contribution in [1.29, 1.82) is 0 Å². The summed E-state index contributed by atoms with van der Waals surface area (Å²) >= 11 is 1.27. The lowest BCUT2D eigenvalue weighted by molar-refractivity contribution is -0.150. The van der Waals surface area contributed by atoms with Gasteiger partial charge in [0, 0.05) is 10.9 Å². The van der Waals surface area contributed by atoms with Crippen LogP contribution in [0, 0.1) is 0 Å². The number of rotatable bonds is 7.